The van der Waals surface area contributed by atoms with Crippen molar-refractivity contribution in [3.8, 4) is 17.2 Å². The predicted molar refractivity (Wildman–Crippen MR) is 73.1 cm³/mol. The molecule has 0 unspecified atom stereocenters. The van der Waals surface area contributed by atoms with E-state index in [1.54, 1.807) is 18.2 Å². The summed E-state index contributed by atoms with van der Waals surface area (Å²) in [5.41, 5.74) is 6.21. The van der Waals surface area contributed by atoms with Gasteiger partial charge in [-0.1, -0.05) is 6.92 Å². The average molecular weight is 279 g/mol. The van der Waals surface area contributed by atoms with Crippen molar-refractivity contribution in [1.82, 2.24) is 0 Å². The monoisotopic (exact) mass is 279 g/mol. The molecule has 0 amide bonds. The zero-order valence-corrected chi connectivity index (χ0v) is 11.0. The van der Waals surface area contributed by atoms with E-state index >= 15 is 0 Å². The van der Waals surface area contributed by atoms with Crippen LogP contribution in [0.4, 0.5) is 14.5 Å². The summed E-state index contributed by atoms with van der Waals surface area (Å²) < 4.78 is 36.8. The molecule has 0 aliphatic heterocycles. The minimum absolute atomic E-state index is 0.191. The third-order valence-corrected chi connectivity index (χ3v) is 2.50. The zero-order chi connectivity index (χ0) is 14.5. The van der Waals surface area contributed by atoms with Gasteiger partial charge in [0.15, 0.2) is 11.6 Å². The van der Waals surface area contributed by atoms with Crippen LogP contribution in [0.5, 0.6) is 17.2 Å². The highest BCUT2D eigenvalue weighted by Crippen LogP contribution is 2.29. The first-order valence-electron chi connectivity index (χ1n) is 6.24. The molecular weight excluding hydrogens is 264 g/mol. The van der Waals surface area contributed by atoms with Crippen LogP contribution in [0.15, 0.2) is 36.4 Å². The molecule has 0 saturated heterocycles. The second-order valence-corrected chi connectivity index (χ2v) is 4.26. The summed E-state index contributed by atoms with van der Waals surface area (Å²) in [6, 6.07) is 8.23. The molecule has 2 rings (SSSR count). The van der Waals surface area contributed by atoms with Gasteiger partial charge in [0.25, 0.3) is 0 Å². The van der Waals surface area contributed by atoms with Crippen LogP contribution in [-0.4, -0.2) is 6.61 Å². The topological polar surface area (TPSA) is 44.5 Å². The molecule has 0 heterocycles. The first-order chi connectivity index (χ1) is 9.58. The normalized spacial score (nSPS) is 10.3. The molecule has 106 valence electrons. The average Bonchev–Trinajstić information content (AvgIpc) is 2.40. The first-order valence-corrected chi connectivity index (χ1v) is 6.24. The van der Waals surface area contributed by atoms with Crippen molar-refractivity contribution in [3.63, 3.8) is 0 Å². The Bertz CT molecular complexity index is 602. The number of nitrogen functional groups attached to an aromatic ring is 1. The second-order valence-electron chi connectivity index (χ2n) is 4.26. The maximum Gasteiger partial charge on any atom is 0.162 e. The third-order valence-electron chi connectivity index (χ3n) is 2.50. The van der Waals surface area contributed by atoms with Gasteiger partial charge in [-0.3, -0.25) is 0 Å². The molecule has 3 nitrogen and oxygen atoms in total. The van der Waals surface area contributed by atoms with Crippen LogP contribution in [0.1, 0.15) is 13.3 Å². The molecule has 0 bridgehead atoms. The van der Waals surface area contributed by atoms with E-state index < -0.39 is 11.6 Å². The van der Waals surface area contributed by atoms with E-state index in [9.17, 15) is 8.78 Å². The van der Waals surface area contributed by atoms with Crippen LogP contribution in [0.2, 0.25) is 0 Å². The fourth-order valence-electron chi connectivity index (χ4n) is 1.63. The van der Waals surface area contributed by atoms with Gasteiger partial charge in [-0.05, 0) is 18.6 Å². The molecular formula is C15H15F2NO2. The Kier molecular flexibility index (Phi) is 4.40. The molecule has 0 aliphatic rings. The number of anilines is 1. The molecule has 0 atom stereocenters. The van der Waals surface area contributed by atoms with Crippen molar-refractivity contribution in [3.05, 3.63) is 48.0 Å². The third kappa shape index (κ3) is 3.60. The Morgan fingerprint density at radius 3 is 2.40 bits per heavy atom. The highest BCUT2D eigenvalue weighted by Gasteiger charge is 2.06. The van der Waals surface area contributed by atoms with Crippen LogP contribution in [0.25, 0.3) is 0 Å². The SMILES string of the molecule is CCCOc1cc(N)cc(Oc2ccc(F)c(F)c2)c1. The maximum absolute atomic E-state index is 13.1. The van der Waals surface area contributed by atoms with Crippen molar-refractivity contribution in [2.45, 2.75) is 13.3 Å². The summed E-state index contributed by atoms with van der Waals surface area (Å²) in [4.78, 5) is 0. The smallest absolute Gasteiger partial charge is 0.162 e. The van der Waals surface area contributed by atoms with Gasteiger partial charge in [0.1, 0.15) is 17.2 Å². The fraction of sp³-hybridized carbons (Fsp3) is 0.200. The summed E-state index contributed by atoms with van der Waals surface area (Å²) in [7, 11) is 0. The number of rotatable bonds is 5. The summed E-state index contributed by atoms with van der Waals surface area (Å²) in [6.07, 6.45) is 0.869. The van der Waals surface area contributed by atoms with Gasteiger partial charge in [-0.15, -0.1) is 0 Å². The quantitative estimate of drug-likeness (QED) is 0.837. The van der Waals surface area contributed by atoms with Crippen molar-refractivity contribution < 1.29 is 18.3 Å². The fourth-order valence-corrected chi connectivity index (χ4v) is 1.63. The number of hydrogen-bond donors (Lipinski definition) is 1. The van der Waals surface area contributed by atoms with Crippen molar-refractivity contribution in [1.29, 1.82) is 0 Å². The molecule has 0 aliphatic carbocycles. The largest absolute Gasteiger partial charge is 0.493 e. The van der Waals surface area contributed by atoms with E-state index in [4.69, 9.17) is 15.2 Å². The molecule has 2 N–H and O–H groups in total. The Hall–Kier alpha value is -2.30. The molecule has 2 aromatic rings. The Morgan fingerprint density at radius 2 is 1.70 bits per heavy atom. The molecule has 0 saturated carbocycles. The summed E-state index contributed by atoms with van der Waals surface area (Å²) in [5.74, 6) is -0.715. The van der Waals surface area contributed by atoms with Gasteiger partial charge >= 0.3 is 0 Å². The van der Waals surface area contributed by atoms with Crippen LogP contribution in [0.3, 0.4) is 0 Å². The number of ether oxygens (including phenoxy) is 2. The molecule has 5 heteroatoms. The lowest BCUT2D eigenvalue weighted by Crippen LogP contribution is -1.97. The van der Waals surface area contributed by atoms with E-state index in [1.807, 2.05) is 6.92 Å². The van der Waals surface area contributed by atoms with E-state index in [2.05, 4.69) is 0 Å². The minimum Gasteiger partial charge on any atom is -0.493 e. The standard InChI is InChI=1S/C15H15F2NO2/c1-2-5-19-12-6-10(18)7-13(8-12)20-11-3-4-14(16)15(17)9-11/h3-4,6-9H,2,5,18H2,1H3. The molecule has 0 aromatic heterocycles. The highest BCUT2D eigenvalue weighted by molar-refractivity contribution is 5.51. The lowest BCUT2D eigenvalue weighted by Gasteiger charge is -2.10. The van der Waals surface area contributed by atoms with E-state index in [-0.39, 0.29) is 5.75 Å². The first kappa shape index (κ1) is 14.1. The maximum atomic E-state index is 13.1. The molecule has 0 spiro atoms. The zero-order valence-electron chi connectivity index (χ0n) is 11.0. The summed E-state index contributed by atoms with van der Waals surface area (Å²) in [6.45, 7) is 2.55. The molecule has 20 heavy (non-hydrogen) atoms. The number of nitrogens with two attached hydrogens (primary N) is 1. The second kappa shape index (κ2) is 6.23. The number of benzene rings is 2. The van der Waals surface area contributed by atoms with Crippen molar-refractivity contribution in [2.24, 2.45) is 0 Å². The van der Waals surface area contributed by atoms with Gasteiger partial charge in [0.05, 0.1) is 6.61 Å². The van der Waals surface area contributed by atoms with E-state index in [0.717, 1.165) is 18.6 Å². The van der Waals surface area contributed by atoms with Gasteiger partial charge < -0.3 is 15.2 Å². The van der Waals surface area contributed by atoms with Crippen LogP contribution in [-0.2, 0) is 0 Å². The van der Waals surface area contributed by atoms with E-state index in [0.29, 0.717) is 23.8 Å². The van der Waals surface area contributed by atoms with Gasteiger partial charge in [-0.2, -0.15) is 0 Å². The number of hydrogen-bond acceptors (Lipinski definition) is 3. The minimum atomic E-state index is -0.964. The lowest BCUT2D eigenvalue weighted by atomic mass is 10.2. The van der Waals surface area contributed by atoms with Crippen molar-refractivity contribution >= 4 is 5.69 Å². The van der Waals surface area contributed by atoms with Crippen LogP contribution < -0.4 is 15.2 Å². The Labute approximate surface area is 115 Å². The Morgan fingerprint density at radius 1 is 0.950 bits per heavy atom. The predicted octanol–water partition coefficient (Wildman–Crippen LogP) is 4.13. The number of halogens is 2. The Balaban J connectivity index is 2.19. The van der Waals surface area contributed by atoms with Crippen LogP contribution >= 0.6 is 0 Å². The molecule has 0 radical (unpaired) electrons. The van der Waals surface area contributed by atoms with Gasteiger partial charge in [0, 0.05) is 30.0 Å². The van der Waals surface area contributed by atoms with Crippen molar-refractivity contribution in [2.75, 3.05) is 12.3 Å². The summed E-state index contributed by atoms with van der Waals surface area (Å²) >= 11 is 0. The molecule has 0 fully saturated rings. The highest BCUT2D eigenvalue weighted by atomic mass is 19.2. The van der Waals surface area contributed by atoms with Gasteiger partial charge in [-0.25, -0.2) is 8.78 Å². The lowest BCUT2D eigenvalue weighted by molar-refractivity contribution is 0.316. The van der Waals surface area contributed by atoms with E-state index in [1.165, 1.54) is 6.07 Å². The molecule has 2 aromatic carbocycles. The van der Waals surface area contributed by atoms with Gasteiger partial charge in [0.2, 0.25) is 0 Å². The van der Waals surface area contributed by atoms with Crippen LogP contribution in [0, 0.1) is 11.6 Å². The summed E-state index contributed by atoms with van der Waals surface area (Å²) in [5, 5.41) is 0.